The monoisotopic (exact) mass is 270 g/mol. The molecule has 1 aliphatic rings. The molecule has 2 aromatic carbocycles. The summed E-state index contributed by atoms with van der Waals surface area (Å²) in [6, 6.07) is 15.5. The number of nitrogens with one attached hydrogen (secondary N) is 2. The molecule has 0 aliphatic carbocycles. The highest BCUT2D eigenvalue weighted by Crippen LogP contribution is 2.30. The Morgan fingerprint density at radius 2 is 1.90 bits per heavy atom. The summed E-state index contributed by atoms with van der Waals surface area (Å²) in [5.41, 5.74) is 3.05. The molecule has 0 saturated heterocycles. The second-order valence-electron chi connectivity index (χ2n) is 5.00. The van der Waals surface area contributed by atoms with Crippen LogP contribution in [-0.4, -0.2) is 18.1 Å². The van der Waals surface area contributed by atoms with Crippen LogP contribution >= 0.6 is 0 Å². The van der Waals surface area contributed by atoms with Gasteiger partial charge in [-0.2, -0.15) is 0 Å². The molecule has 0 aromatic heterocycles. The molecule has 1 atom stereocenters. The zero-order chi connectivity index (χ0) is 14.0. The molecule has 0 spiro atoms. The predicted octanol–water partition coefficient (Wildman–Crippen LogP) is 2.81. The summed E-state index contributed by atoms with van der Waals surface area (Å²) in [6.45, 7) is 0. The number of ether oxygens (including phenoxy) is 1. The van der Waals surface area contributed by atoms with E-state index in [1.54, 1.807) is 7.11 Å². The van der Waals surface area contributed by atoms with E-state index < -0.39 is 5.85 Å². The number of methoxy groups -OCH3 is 1. The van der Waals surface area contributed by atoms with Crippen LogP contribution in [0.1, 0.15) is 12.0 Å². The van der Waals surface area contributed by atoms with Gasteiger partial charge in [0.25, 0.3) is 0 Å². The van der Waals surface area contributed by atoms with Crippen molar-refractivity contribution in [3.63, 3.8) is 0 Å². The van der Waals surface area contributed by atoms with Crippen molar-refractivity contribution in [2.75, 3.05) is 17.7 Å². The van der Waals surface area contributed by atoms with Crippen LogP contribution in [-0.2, 0) is 6.42 Å². The first-order valence-corrected chi connectivity index (χ1v) is 6.69. The summed E-state index contributed by atoms with van der Waals surface area (Å²) in [4.78, 5) is 0. The molecule has 0 saturated carbocycles. The highest BCUT2D eigenvalue weighted by Gasteiger charge is 2.31. The molecule has 1 unspecified atom stereocenters. The molecule has 3 N–H and O–H groups in total. The SMILES string of the molecule is COc1ccc(NC2(O)CCc3ccccc3N2)cc1. The Bertz CT molecular complexity index is 598. The van der Waals surface area contributed by atoms with Gasteiger partial charge in [-0.05, 0) is 42.3 Å². The van der Waals surface area contributed by atoms with Crippen molar-refractivity contribution in [3.8, 4) is 5.75 Å². The number of para-hydroxylation sites is 1. The fourth-order valence-electron chi connectivity index (χ4n) is 2.47. The number of aliphatic hydroxyl groups is 1. The summed E-state index contributed by atoms with van der Waals surface area (Å²) in [7, 11) is 1.63. The maximum atomic E-state index is 10.6. The van der Waals surface area contributed by atoms with Crippen molar-refractivity contribution in [2.24, 2.45) is 0 Å². The van der Waals surface area contributed by atoms with Gasteiger partial charge in [0.2, 0.25) is 5.85 Å². The topological polar surface area (TPSA) is 53.5 Å². The third kappa shape index (κ3) is 2.56. The number of rotatable bonds is 3. The molecule has 3 rings (SSSR count). The summed E-state index contributed by atoms with van der Waals surface area (Å²) in [5.74, 6) is -0.326. The fourth-order valence-corrected chi connectivity index (χ4v) is 2.47. The lowest BCUT2D eigenvalue weighted by Gasteiger charge is -2.36. The normalized spacial score (nSPS) is 20.7. The summed E-state index contributed by atoms with van der Waals surface area (Å²) >= 11 is 0. The molecule has 4 heteroatoms. The summed E-state index contributed by atoms with van der Waals surface area (Å²) < 4.78 is 5.12. The third-order valence-corrected chi connectivity index (χ3v) is 3.56. The molecule has 104 valence electrons. The molecule has 1 aliphatic heterocycles. The van der Waals surface area contributed by atoms with Gasteiger partial charge in [0.05, 0.1) is 7.11 Å². The van der Waals surface area contributed by atoms with E-state index >= 15 is 0 Å². The van der Waals surface area contributed by atoms with Crippen molar-refractivity contribution >= 4 is 11.4 Å². The average molecular weight is 270 g/mol. The molecular weight excluding hydrogens is 252 g/mol. The first-order valence-electron chi connectivity index (χ1n) is 6.69. The minimum Gasteiger partial charge on any atom is -0.497 e. The van der Waals surface area contributed by atoms with E-state index in [2.05, 4.69) is 16.7 Å². The lowest BCUT2D eigenvalue weighted by atomic mass is 9.99. The minimum absolute atomic E-state index is 0.607. The highest BCUT2D eigenvalue weighted by atomic mass is 16.5. The molecule has 4 nitrogen and oxygen atoms in total. The Balaban J connectivity index is 1.77. The van der Waals surface area contributed by atoms with Crippen molar-refractivity contribution < 1.29 is 9.84 Å². The average Bonchev–Trinajstić information content (AvgIpc) is 2.47. The second kappa shape index (κ2) is 5.06. The van der Waals surface area contributed by atoms with Crippen molar-refractivity contribution in [1.29, 1.82) is 0 Å². The molecule has 0 bridgehead atoms. The maximum Gasteiger partial charge on any atom is 0.214 e. The fraction of sp³-hybridized carbons (Fsp3) is 0.250. The van der Waals surface area contributed by atoms with Gasteiger partial charge in [-0.3, -0.25) is 0 Å². The van der Waals surface area contributed by atoms with E-state index in [0.29, 0.717) is 6.42 Å². The lowest BCUT2D eigenvalue weighted by Crippen LogP contribution is -2.48. The number of fused-ring (bicyclic) bond motifs is 1. The molecular formula is C16H18N2O2. The first kappa shape index (κ1) is 12.8. The number of benzene rings is 2. The molecule has 0 amide bonds. The summed E-state index contributed by atoms with van der Waals surface area (Å²) in [5, 5.41) is 16.9. The van der Waals surface area contributed by atoms with Gasteiger partial charge in [-0.25, -0.2) is 0 Å². The van der Waals surface area contributed by atoms with Crippen molar-refractivity contribution in [1.82, 2.24) is 0 Å². The van der Waals surface area contributed by atoms with Gasteiger partial charge in [0.1, 0.15) is 5.75 Å². The van der Waals surface area contributed by atoms with Crippen molar-refractivity contribution in [2.45, 2.75) is 18.7 Å². The Labute approximate surface area is 118 Å². The molecule has 0 radical (unpaired) electrons. The van der Waals surface area contributed by atoms with Crippen molar-refractivity contribution in [3.05, 3.63) is 54.1 Å². The standard InChI is InChI=1S/C16H18N2O2/c1-20-14-8-6-13(7-9-14)17-16(19)11-10-12-4-2-3-5-15(12)18-16/h2-9,17-19H,10-11H2,1H3. The predicted molar refractivity (Wildman–Crippen MR) is 80.0 cm³/mol. The molecule has 0 fully saturated rings. The van der Waals surface area contributed by atoms with E-state index in [-0.39, 0.29) is 0 Å². The second-order valence-corrected chi connectivity index (χ2v) is 5.00. The Kier molecular flexibility index (Phi) is 3.24. The Morgan fingerprint density at radius 3 is 2.65 bits per heavy atom. The minimum atomic E-state index is -1.12. The van der Waals surface area contributed by atoms with Crippen LogP contribution in [0.2, 0.25) is 0 Å². The van der Waals surface area contributed by atoms with Crippen LogP contribution in [0.3, 0.4) is 0 Å². The third-order valence-electron chi connectivity index (χ3n) is 3.56. The van der Waals surface area contributed by atoms with E-state index in [4.69, 9.17) is 4.74 Å². The largest absolute Gasteiger partial charge is 0.497 e. The first-order chi connectivity index (χ1) is 9.68. The Morgan fingerprint density at radius 1 is 1.15 bits per heavy atom. The van der Waals surface area contributed by atoms with Gasteiger partial charge in [0.15, 0.2) is 0 Å². The smallest absolute Gasteiger partial charge is 0.214 e. The highest BCUT2D eigenvalue weighted by molar-refractivity contribution is 5.57. The van der Waals surface area contributed by atoms with Gasteiger partial charge in [-0.1, -0.05) is 18.2 Å². The maximum absolute atomic E-state index is 10.6. The molecule has 1 heterocycles. The zero-order valence-electron chi connectivity index (χ0n) is 11.4. The van der Waals surface area contributed by atoms with Gasteiger partial charge < -0.3 is 20.5 Å². The van der Waals surface area contributed by atoms with E-state index in [1.807, 2.05) is 42.5 Å². The number of anilines is 2. The van der Waals surface area contributed by atoms with Crippen LogP contribution in [0, 0.1) is 0 Å². The van der Waals surface area contributed by atoms with Crippen LogP contribution in [0.4, 0.5) is 11.4 Å². The van der Waals surface area contributed by atoms with Gasteiger partial charge >= 0.3 is 0 Å². The number of aryl methyl sites for hydroxylation is 1. The van der Waals surface area contributed by atoms with Crippen LogP contribution in [0.15, 0.2) is 48.5 Å². The summed E-state index contributed by atoms with van der Waals surface area (Å²) in [6.07, 6.45) is 1.44. The number of hydrogen-bond donors (Lipinski definition) is 3. The molecule has 20 heavy (non-hydrogen) atoms. The molecule has 2 aromatic rings. The number of hydrogen-bond acceptors (Lipinski definition) is 4. The lowest BCUT2D eigenvalue weighted by molar-refractivity contribution is 0.0867. The van der Waals surface area contributed by atoms with E-state index in [9.17, 15) is 5.11 Å². The van der Waals surface area contributed by atoms with Crippen LogP contribution < -0.4 is 15.4 Å². The van der Waals surface area contributed by atoms with Gasteiger partial charge in [-0.15, -0.1) is 0 Å². The quantitative estimate of drug-likeness (QED) is 0.751. The van der Waals surface area contributed by atoms with Crippen LogP contribution in [0.5, 0.6) is 5.75 Å². The van der Waals surface area contributed by atoms with E-state index in [0.717, 1.165) is 23.5 Å². The Hall–Kier alpha value is -2.20. The van der Waals surface area contributed by atoms with E-state index in [1.165, 1.54) is 5.56 Å². The van der Waals surface area contributed by atoms with Gasteiger partial charge in [0, 0.05) is 17.8 Å². The zero-order valence-corrected chi connectivity index (χ0v) is 11.4. The van der Waals surface area contributed by atoms with Crippen LogP contribution in [0.25, 0.3) is 0 Å².